The van der Waals surface area contributed by atoms with Gasteiger partial charge >= 0.3 is 5.97 Å². The van der Waals surface area contributed by atoms with Crippen molar-refractivity contribution in [3.05, 3.63) is 80.1 Å². The Morgan fingerprint density at radius 3 is 2.36 bits per heavy atom. The Labute approximate surface area is 198 Å². The van der Waals surface area contributed by atoms with Crippen molar-refractivity contribution in [2.45, 2.75) is 6.42 Å². The number of rotatable bonds is 7. The van der Waals surface area contributed by atoms with E-state index in [-0.39, 0.29) is 11.3 Å². The highest BCUT2D eigenvalue weighted by Gasteiger charge is 2.24. The summed E-state index contributed by atoms with van der Waals surface area (Å²) in [6.07, 6.45) is 0.336. The van der Waals surface area contributed by atoms with Gasteiger partial charge in [0.15, 0.2) is 23.3 Å². The number of anilines is 3. The number of aromatic nitrogens is 1. The molecule has 0 radical (unpaired) electrons. The number of carbonyl (C=O) groups is 1. The number of hydrogen-bond acceptors (Lipinski definition) is 5. The molecule has 174 valence electrons. The molecule has 3 rings (SSSR count). The number of nitrogens with zero attached hydrogens (tertiary/aromatic N) is 1. The predicted octanol–water partition coefficient (Wildman–Crippen LogP) is 3.89. The highest BCUT2D eigenvalue weighted by atomic mass is 127. The van der Waals surface area contributed by atoms with Gasteiger partial charge in [-0.1, -0.05) is 0 Å². The third-order valence-corrected chi connectivity index (χ3v) is 5.44. The Kier molecular flexibility index (Phi) is 7.08. The largest absolute Gasteiger partial charge is 0.478 e. The van der Waals surface area contributed by atoms with Crippen LogP contribution in [0.4, 0.5) is 34.8 Å². The number of carboxylic acid groups (broad SMARTS) is 1. The highest BCUT2D eigenvalue weighted by molar-refractivity contribution is 14.1. The molecule has 14 heteroatoms. The minimum Gasteiger partial charge on any atom is -0.478 e. The standard InChI is InChI=1S/C19H13F4IN4O4S/c20-12-7-10(24)1-2-13(12)27-17-11(19(29)30)6-9(14(21)16(17)23)5-8-3-4-26-18(15(8)22)28-33(25,31)32/h1-4,6-7,27H,5H2,(H,26,28)(H,29,30)(H2,25,31,32). The van der Waals surface area contributed by atoms with Gasteiger partial charge in [-0.2, -0.15) is 8.42 Å². The van der Waals surface area contributed by atoms with Gasteiger partial charge in [0.1, 0.15) is 5.82 Å². The van der Waals surface area contributed by atoms with Crippen LogP contribution in [0.1, 0.15) is 21.5 Å². The summed E-state index contributed by atoms with van der Waals surface area (Å²) >= 11 is 1.83. The van der Waals surface area contributed by atoms with E-state index in [1.807, 2.05) is 22.6 Å². The molecule has 0 aliphatic heterocycles. The summed E-state index contributed by atoms with van der Waals surface area (Å²) < 4.78 is 82.8. The SMILES string of the molecule is NS(=O)(=O)Nc1nccc(Cc2cc(C(=O)O)c(Nc3ccc(I)cc3F)c(F)c2F)c1F. The lowest BCUT2D eigenvalue weighted by Gasteiger charge is -2.15. The first kappa shape index (κ1) is 24.7. The molecule has 1 heterocycles. The summed E-state index contributed by atoms with van der Waals surface area (Å²) in [4.78, 5) is 15.2. The van der Waals surface area contributed by atoms with Crippen LogP contribution in [0.3, 0.4) is 0 Å². The van der Waals surface area contributed by atoms with E-state index in [9.17, 15) is 35.9 Å². The van der Waals surface area contributed by atoms with Gasteiger partial charge in [-0.25, -0.2) is 32.5 Å². The summed E-state index contributed by atoms with van der Waals surface area (Å²) in [7, 11) is -4.37. The minimum absolute atomic E-state index is 0.289. The fourth-order valence-corrected chi connectivity index (χ4v) is 3.72. The van der Waals surface area contributed by atoms with Crippen molar-refractivity contribution in [3.8, 4) is 0 Å². The van der Waals surface area contributed by atoms with Crippen molar-refractivity contribution in [1.29, 1.82) is 0 Å². The molecule has 0 bridgehead atoms. The first-order valence-electron chi connectivity index (χ1n) is 8.77. The Morgan fingerprint density at radius 2 is 1.76 bits per heavy atom. The van der Waals surface area contributed by atoms with Crippen LogP contribution >= 0.6 is 22.6 Å². The Morgan fingerprint density at radius 1 is 1.06 bits per heavy atom. The van der Waals surface area contributed by atoms with Gasteiger partial charge in [0, 0.05) is 16.2 Å². The molecule has 5 N–H and O–H groups in total. The van der Waals surface area contributed by atoms with Crippen molar-refractivity contribution in [2.75, 3.05) is 10.0 Å². The molecule has 0 fully saturated rings. The molecule has 0 unspecified atom stereocenters. The van der Waals surface area contributed by atoms with E-state index in [0.717, 1.165) is 24.4 Å². The van der Waals surface area contributed by atoms with E-state index in [1.165, 1.54) is 12.1 Å². The second kappa shape index (κ2) is 9.48. The smallest absolute Gasteiger partial charge is 0.337 e. The normalized spacial score (nSPS) is 11.3. The number of nitrogens with one attached hydrogen (secondary N) is 2. The zero-order valence-electron chi connectivity index (χ0n) is 16.2. The maximum Gasteiger partial charge on any atom is 0.337 e. The van der Waals surface area contributed by atoms with Crippen LogP contribution in [0.15, 0.2) is 36.5 Å². The average molecular weight is 596 g/mol. The maximum absolute atomic E-state index is 14.8. The van der Waals surface area contributed by atoms with Crippen LogP contribution in [0.25, 0.3) is 0 Å². The molecular weight excluding hydrogens is 583 g/mol. The van der Waals surface area contributed by atoms with E-state index >= 15 is 0 Å². The molecule has 0 spiro atoms. The molecule has 33 heavy (non-hydrogen) atoms. The first-order valence-corrected chi connectivity index (χ1v) is 11.4. The number of aromatic carboxylic acids is 1. The van der Waals surface area contributed by atoms with Gasteiger partial charge < -0.3 is 10.4 Å². The van der Waals surface area contributed by atoms with Crippen molar-refractivity contribution >= 4 is 56.0 Å². The molecule has 0 aliphatic rings. The van der Waals surface area contributed by atoms with Crippen molar-refractivity contribution in [2.24, 2.45) is 5.14 Å². The Bertz CT molecular complexity index is 1370. The number of pyridine rings is 1. The molecule has 0 amide bonds. The van der Waals surface area contributed by atoms with Gasteiger partial charge in [-0.15, -0.1) is 0 Å². The van der Waals surface area contributed by atoms with Crippen LogP contribution < -0.4 is 15.2 Å². The van der Waals surface area contributed by atoms with Crippen molar-refractivity contribution in [1.82, 2.24) is 4.98 Å². The highest BCUT2D eigenvalue weighted by Crippen LogP contribution is 2.32. The van der Waals surface area contributed by atoms with Crippen LogP contribution in [-0.4, -0.2) is 24.5 Å². The number of halogens is 5. The third-order valence-electron chi connectivity index (χ3n) is 4.29. The van der Waals surface area contributed by atoms with E-state index < -0.39 is 68.5 Å². The van der Waals surface area contributed by atoms with Gasteiger partial charge in [0.2, 0.25) is 0 Å². The summed E-state index contributed by atoms with van der Waals surface area (Å²) in [5, 5.41) is 16.5. The molecule has 2 aromatic carbocycles. The van der Waals surface area contributed by atoms with Crippen LogP contribution in [0, 0.1) is 26.8 Å². The zero-order valence-corrected chi connectivity index (χ0v) is 19.1. The lowest BCUT2D eigenvalue weighted by Crippen LogP contribution is -2.23. The number of carboxylic acids is 1. The van der Waals surface area contributed by atoms with Crippen LogP contribution in [-0.2, 0) is 16.6 Å². The summed E-state index contributed by atoms with van der Waals surface area (Å²) in [6.45, 7) is 0. The van der Waals surface area contributed by atoms with Crippen LogP contribution in [0.5, 0.6) is 0 Å². The van der Waals surface area contributed by atoms with Gasteiger partial charge in [0.25, 0.3) is 10.2 Å². The topological polar surface area (TPSA) is 134 Å². The lowest BCUT2D eigenvalue weighted by atomic mass is 10.00. The van der Waals surface area contributed by atoms with Gasteiger partial charge in [-0.05, 0) is 64.0 Å². The number of nitrogens with two attached hydrogens (primary N) is 1. The minimum atomic E-state index is -4.37. The van der Waals surface area contributed by atoms with E-state index in [0.29, 0.717) is 3.57 Å². The Balaban J connectivity index is 2.05. The second-order valence-electron chi connectivity index (χ2n) is 6.60. The third kappa shape index (κ3) is 5.69. The molecule has 0 saturated heterocycles. The maximum atomic E-state index is 14.8. The fraction of sp³-hybridized carbons (Fsp3) is 0.0526. The molecule has 3 aromatic rings. The second-order valence-corrected chi connectivity index (χ2v) is 9.14. The summed E-state index contributed by atoms with van der Waals surface area (Å²) in [5.41, 5.74) is -2.72. The monoisotopic (exact) mass is 596 g/mol. The Hall–Kier alpha value is -2.98. The molecule has 0 aliphatic carbocycles. The molecular formula is C19H13F4IN4O4S. The van der Waals surface area contributed by atoms with E-state index in [1.54, 1.807) is 4.72 Å². The molecule has 8 nitrogen and oxygen atoms in total. The lowest BCUT2D eigenvalue weighted by molar-refractivity contribution is 0.0697. The first-order chi connectivity index (χ1) is 15.4. The van der Waals surface area contributed by atoms with Crippen molar-refractivity contribution < 1.29 is 35.9 Å². The fourth-order valence-electron chi connectivity index (χ4n) is 2.86. The predicted molar refractivity (Wildman–Crippen MR) is 119 cm³/mol. The van der Waals surface area contributed by atoms with Gasteiger partial charge in [0.05, 0.1) is 16.9 Å². The van der Waals surface area contributed by atoms with E-state index in [2.05, 4.69) is 10.3 Å². The number of hydrogen-bond donors (Lipinski definition) is 4. The van der Waals surface area contributed by atoms with E-state index in [4.69, 9.17) is 5.14 Å². The molecule has 0 saturated carbocycles. The van der Waals surface area contributed by atoms with Crippen LogP contribution in [0.2, 0.25) is 0 Å². The number of benzene rings is 2. The summed E-state index contributed by atoms with van der Waals surface area (Å²) in [6, 6.07) is 5.62. The molecule has 0 atom stereocenters. The zero-order chi connectivity index (χ0) is 24.5. The summed E-state index contributed by atoms with van der Waals surface area (Å²) in [5.74, 6) is -7.61. The molecule has 1 aromatic heterocycles. The van der Waals surface area contributed by atoms with Gasteiger partial charge in [-0.3, -0.25) is 4.72 Å². The quantitative estimate of drug-likeness (QED) is 0.242. The average Bonchev–Trinajstić information content (AvgIpc) is 2.70. The van der Waals surface area contributed by atoms with Crippen molar-refractivity contribution in [3.63, 3.8) is 0 Å².